The molecule has 3 aliphatic carbocycles. The van der Waals surface area contributed by atoms with Crippen LogP contribution in [0.5, 0.6) is 0 Å². The summed E-state index contributed by atoms with van der Waals surface area (Å²) in [5, 5.41) is 48.5. The molecule has 1 unspecified atom stereocenters. The lowest BCUT2D eigenvalue weighted by Crippen LogP contribution is -2.68. The number of likely N-dealkylation sites (tertiary alicyclic amines) is 1. The Balaban J connectivity index is 1.21. The van der Waals surface area contributed by atoms with Crippen molar-refractivity contribution in [2.24, 2.45) is 17.1 Å². The molecule has 1 aromatic carbocycles. The zero-order valence-electron chi connectivity index (χ0n) is 22.2. The number of fused-ring (bicyclic) bond motifs is 2. The zero-order chi connectivity index (χ0) is 26.9. The first kappa shape index (κ1) is 24.6. The molecule has 0 radical (unpaired) electrons. The number of allylic oxidation sites excluding steroid dienone is 1. The average molecular weight is 532 g/mol. The van der Waals surface area contributed by atoms with Crippen molar-refractivity contribution in [3.63, 3.8) is 0 Å². The van der Waals surface area contributed by atoms with Crippen LogP contribution in [0.4, 0.5) is 0 Å². The molecule has 39 heavy (non-hydrogen) atoms. The van der Waals surface area contributed by atoms with Crippen LogP contribution in [0.1, 0.15) is 44.6 Å². The molecule has 8 heteroatoms. The van der Waals surface area contributed by atoms with Gasteiger partial charge < -0.3 is 30.9 Å². The molecule has 4 heterocycles. The number of aliphatic hydroxyl groups excluding tert-OH is 3. The molecule has 0 amide bonds. The number of ether oxygens (including phenoxy) is 1. The van der Waals surface area contributed by atoms with Crippen LogP contribution in [-0.2, 0) is 10.3 Å². The van der Waals surface area contributed by atoms with Gasteiger partial charge in [0.1, 0.15) is 11.7 Å². The van der Waals surface area contributed by atoms with E-state index >= 15 is 0 Å². The number of nitrogens with zero attached hydrogens (tertiary/aromatic N) is 2. The monoisotopic (exact) mass is 531 g/mol. The van der Waals surface area contributed by atoms with Gasteiger partial charge >= 0.3 is 0 Å². The maximum Gasteiger partial charge on any atom is 0.121 e. The Morgan fingerprint density at radius 2 is 1.92 bits per heavy atom. The molecule has 8 rings (SSSR count). The van der Waals surface area contributed by atoms with Gasteiger partial charge in [-0.05, 0) is 66.3 Å². The third-order valence-electron chi connectivity index (χ3n) is 11.6. The molecule has 2 spiro atoms. The van der Waals surface area contributed by atoms with Crippen molar-refractivity contribution in [2.75, 3.05) is 13.1 Å². The van der Waals surface area contributed by atoms with Crippen molar-refractivity contribution >= 4 is 10.8 Å². The fourth-order valence-electron chi connectivity index (χ4n) is 9.45. The van der Waals surface area contributed by atoms with E-state index in [0.717, 1.165) is 34.8 Å². The minimum Gasteiger partial charge on any atom is -0.390 e. The van der Waals surface area contributed by atoms with Gasteiger partial charge in [0, 0.05) is 54.3 Å². The third-order valence-corrected chi connectivity index (χ3v) is 11.6. The first-order valence-electron chi connectivity index (χ1n) is 14.3. The Morgan fingerprint density at radius 1 is 1.10 bits per heavy atom. The van der Waals surface area contributed by atoms with Gasteiger partial charge in [-0.1, -0.05) is 31.2 Å². The molecule has 2 aromatic rings. The second kappa shape index (κ2) is 7.76. The average Bonchev–Trinajstić information content (AvgIpc) is 3.34. The molecule has 6 aliphatic rings. The molecule has 206 valence electrons. The first-order valence-corrected chi connectivity index (χ1v) is 14.3. The Kier molecular flexibility index (Phi) is 4.90. The third kappa shape index (κ3) is 2.90. The highest BCUT2D eigenvalue weighted by molar-refractivity contribution is 5.82. The Labute approximate surface area is 227 Å². The highest BCUT2D eigenvalue weighted by Crippen LogP contribution is 2.70. The van der Waals surface area contributed by atoms with Crippen molar-refractivity contribution in [3.8, 4) is 0 Å². The fraction of sp³-hybridized carbons (Fsp3) is 0.581. The summed E-state index contributed by atoms with van der Waals surface area (Å²) in [5.74, 6) is -0.119. The van der Waals surface area contributed by atoms with Gasteiger partial charge in [-0.15, -0.1) is 0 Å². The van der Waals surface area contributed by atoms with Crippen LogP contribution in [-0.4, -0.2) is 85.0 Å². The van der Waals surface area contributed by atoms with Crippen LogP contribution < -0.4 is 5.73 Å². The van der Waals surface area contributed by atoms with Crippen molar-refractivity contribution in [1.29, 1.82) is 0 Å². The van der Waals surface area contributed by atoms with E-state index in [0.29, 0.717) is 37.9 Å². The summed E-state index contributed by atoms with van der Waals surface area (Å²) >= 11 is 0. The molecule has 9 atom stereocenters. The number of pyridine rings is 1. The summed E-state index contributed by atoms with van der Waals surface area (Å²) < 4.78 is 7.20. The second-order valence-corrected chi connectivity index (χ2v) is 13.3. The zero-order valence-corrected chi connectivity index (χ0v) is 22.2. The SMILES string of the molecule is C[C@]12CC=C3C=C4[C@@H](O)[C@H](O)[C@@H](N5CC(N)C5)C[C@]45CCC3(O5)[C@@H]1C[C@@H](O)[C@]2(O)c1ccc2ccncc2c1. The summed E-state index contributed by atoms with van der Waals surface area (Å²) in [7, 11) is 0. The first-order chi connectivity index (χ1) is 18.6. The van der Waals surface area contributed by atoms with E-state index in [2.05, 4.69) is 29.0 Å². The summed E-state index contributed by atoms with van der Waals surface area (Å²) in [6.07, 6.45) is 8.01. The van der Waals surface area contributed by atoms with Crippen molar-refractivity contribution in [1.82, 2.24) is 9.88 Å². The van der Waals surface area contributed by atoms with E-state index < -0.39 is 40.5 Å². The van der Waals surface area contributed by atoms with Gasteiger partial charge in [0.05, 0.1) is 23.4 Å². The maximum absolute atomic E-state index is 12.5. The Hall–Kier alpha value is -2.17. The molecule has 4 fully saturated rings. The van der Waals surface area contributed by atoms with Gasteiger partial charge in [-0.3, -0.25) is 9.88 Å². The minimum atomic E-state index is -1.46. The number of hydrogen-bond donors (Lipinski definition) is 5. The predicted octanol–water partition coefficient (Wildman–Crippen LogP) is 1.50. The van der Waals surface area contributed by atoms with E-state index in [9.17, 15) is 20.4 Å². The topological polar surface area (TPSA) is 132 Å². The van der Waals surface area contributed by atoms with Gasteiger partial charge in [0.25, 0.3) is 0 Å². The normalized spacial score (nSPS) is 47.2. The number of nitrogens with two attached hydrogens (primary N) is 1. The van der Waals surface area contributed by atoms with E-state index in [4.69, 9.17) is 10.5 Å². The van der Waals surface area contributed by atoms with Crippen LogP contribution in [0.2, 0.25) is 0 Å². The highest BCUT2D eigenvalue weighted by Gasteiger charge is 2.73. The molecular weight excluding hydrogens is 494 g/mol. The van der Waals surface area contributed by atoms with E-state index in [1.54, 1.807) is 12.4 Å². The smallest absolute Gasteiger partial charge is 0.121 e. The van der Waals surface area contributed by atoms with Gasteiger partial charge in [-0.2, -0.15) is 0 Å². The lowest BCUT2D eigenvalue weighted by molar-refractivity contribution is -0.190. The second-order valence-electron chi connectivity index (χ2n) is 13.3. The van der Waals surface area contributed by atoms with Crippen LogP contribution in [0.3, 0.4) is 0 Å². The summed E-state index contributed by atoms with van der Waals surface area (Å²) in [4.78, 5) is 6.43. The molecule has 6 N–H and O–H groups in total. The number of hydrogen-bond acceptors (Lipinski definition) is 8. The van der Waals surface area contributed by atoms with Crippen molar-refractivity contribution in [2.45, 2.75) is 86.2 Å². The lowest BCUT2D eigenvalue weighted by Gasteiger charge is -2.58. The quantitative estimate of drug-likeness (QED) is 0.394. The van der Waals surface area contributed by atoms with Crippen LogP contribution in [0, 0.1) is 11.3 Å². The number of benzene rings is 1. The summed E-state index contributed by atoms with van der Waals surface area (Å²) in [6.45, 7) is 3.52. The minimum absolute atomic E-state index is 0.100. The van der Waals surface area contributed by atoms with E-state index in [-0.39, 0.29) is 18.0 Å². The molecule has 3 aliphatic heterocycles. The predicted molar refractivity (Wildman–Crippen MR) is 144 cm³/mol. The van der Waals surface area contributed by atoms with Crippen LogP contribution in [0.15, 0.2) is 60.0 Å². The van der Waals surface area contributed by atoms with Crippen molar-refractivity contribution < 1.29 is 25.2 Å². The Morgan fingerprint density at radius 3 is 2.72 bits per heavy atom. The van der Waals surface area contributed by atoms with Gasteiger partial charge in [0.2, 0.25) is 0 Å². The van der Waals surface area contributed by atoms with Crippen LogP contribution in [0.25, 0.3) is 10.8 Å². The molecular formula is C31H37N3O5. The molecule has 1 aromatic heterocycles. The summed E-state index contributed by atoms with van der Waals surface area (Å²) in [5.41, 5.74) is 5.10. The molecule has 2 saturated heterocycles. The number of aliphatic hydroxyl groups is 4. The van der Waals surface area contributed by atoms with E-state index in [1.165, 1.54) is 0 Å². The standard InChI is InChI=1S/C31H37N3O5/c1-28-6-4-19-11-22-26(36)27(37)23(34-15-21(32)16-34)13-29(22)7-8-30(19,39-29)24(28)12-25(35)31(28,38)20-3-2-17-5-9-33-14-18(17)10-20/h2-5,9-11,14,21,23-27,35-38H,6-8,12-13,15-16,32H2,1H3/t23-,24+,25+,26+,27+,28-,29+,30?,31+/m0/s1. The number of rotatable bonds is 2. The lowest BCUT2D eigenvalue weighted by atomic mass is 9.56. The van der Waals surface area contributed by atoms with Crippen molar-refractivity contribution in [3.05, 3.63) is 65.5 Å². The molecule has 8 nitrogen and oxygen atoms in total. The highest BCUT2D eigenvalue weighted by atomic mass is 16.5. The van der Waals surface area contributed by atoms with Gasteiger partial charge in [-0.25, -0.2) is 0 Å². The number of aromatic nitrogens is 1. The van der Waals surface area contributed by atoms with E-state index in [1.807, 2.05) is 24.3 Å². The largest absolute Gasteiger partial charge is 0.390 e. The fourth-order valence-corrected chi connectivity index (χ4v) is 9.45. The van der Waals surface area contributed by atoms with Gasteiger partial charge in [0.15, 0.2) is 0 Å². The van der Waals surface area contributed by atoms with Crippen LogP contribution >= 0.6 is 0 Å². The Bertz CT molecular complexity index is 1440. The molecule has 2 bridgehead atoms. The molecule has 2 saturated carbocycles. The summed E-state index contributed by atoms with van der Waals surface area (Å²) in [6, 6.07) is 7.72. The maximum atomic E-state index is 12.5.